The third kappa shape index (κ3) is 2.78. The van der Waals surface area contributed by atoms with E-state index in [0.29, 0.717) is 17.9 Å². The zero-order valence-corrected chi connectivity index (χ0v) is 14.7. The summed E-state index contributed by atoms with van der Waals surface area (Å²) in [5, 5.41) is 11.7. The molecule has 0 unspecified atom stereocenters. The Morgan fingerprint density at radius 3 is 2.50 bits per heavy atom. The molecule has 2 aromatic rings. The van der Waals surface area contributed by atoms with Gasteiger partial charge in [0.15, 0.2) is 0 Å². The van der Waals surface area contributed by atoms with Gasteiger partial charge in [-0.3, -0.25) is 0 Å². The number of rotatable bonds is 2. The van der Waals surface area contributed by atoms with Gasteiger partial charge in [-0.25, -0.2) is 9.97 Å². The lowest BCUT2D eigenvalue weighted by molar-refractivity contribution is 0.0116. The van der Waals surface area contributed by atoms with Crippen LogP contribution in [0.3, 0.4) is 0 Å². The molecule has 24 heavy (non-hydrogen) atoms. The zero-order valence-electron chi connectivity index (χ0n) is 13.9. The number of nitrogens with zero attached hydrogens (tertiary/aromatic N) is 3. The van der Waals surface area contributed by atoms with Crippen LogP contribution in [0.1, 0.15) is 41.9 Å². The van der Waals surface area contributed by atoms with Crippen molar-refractivity contribution >= 4 is 17.4 Å². The van der Waals surface area contributed by atoms with Crippen molar-refractivity contribution in [2.45, 2.75) is 44.6 Å². The summed E-state index contributed by atoms with van der Waals surface area (Å²) in [6.07, 6.45) is 4.71. The quantitative estimate of drug-likeness (QED) is 0.907. The van der Waals surface area contributed by atoms with Gasteiger partial charge in [-0.2, -0.15) is 0 Å². The molecule has 0 radical (unpaired) electrons. The van der Waals surface area contributed by atoms with Crippen LogP contribution in [0.2, 0.25) is 5.02 Å². The summed E-state index contributed by atoms with van der Waals surface area (Å²) in [7, 11) is 0. The standard InChI is InChI=1S/C19H22ClN3O/c1-13-21-17-4-2-3-16(17)18(22-13)23-11-9-19(24,10-12-23)14-5-7-15(20)8-6-14/h5-8,24H,2-4,9-12H2,1H3. The lowest BCUT2D eigenvalue weighted by Gasteiger charge is -2.39. The maximum Gasteiger partial charge on any atom is 0.135 e. The highest BCUT2D eigenvalue weighted by molar-refractivity contribution is 6.30. The molecule has 1 aromatic heterocycles. The number of piperidine rings is 1. The van der Waals surface area contributed by atoms with Gasteiger partial charge < -0.3 is 10.0 Å². The SMILES string of the molecule is Cc1nc2c(c(N3CCC(O)(c4ccc(Cl)cc4)CC3)n1)CCC2. The second-order valence-corrected chi connectivity index (χ2v) is 7.34. The van der Waals surface area contributed by atoms with E-state index in [4.69, 9.17) is 16.6 Å². The Hall–Kier alpha value is -1.65. The topological polar surface area (TPSA) is 49.2 Å². The van der Waals surface area contributed by atoms with Crippen molar-refractivity contribution in [2.75, 3.05) is 18.0 Å². The molecule has 0 atom stereocenters. The van der Waals surface area contributed by atoms with E-state index < -0.39 is 5.60 Å². The van der Waals surface area contributed by atoms with Crippen LogP contribution in [0.5, 0.6) is 0 Å². The fourth-order valence-electron chi connectivity index (χ4n) is 3.93. The van der Waals surface area contributed by atoms with E-state index in [2.05, 4.69) is 9.88 Å². The van der Waals surface area contributed by atoms with Crippen molar-refractivity contribution in [3.05, 3.63) is 51.9 Å². The highest BCUT2D eigenvalue weighted by Crippen LogP contribution is 2.37. The van der Waals surface area contributed by atoms with Gasteiger partial charge >= 0.3 is 0 Å². The summed E-state index contributed by atoms with van der Waals surface area (Å²) < 4.78 is 0. The fourth-order valence-corrected chi connectivity index (χ4v) is 4.06. The molecule has 0 bridgehead atoms. The molecule has 2 aliphatic rings. The summed E-state index contributed by atoms with van der Waals surface area (Å²) in [5.41, 5.74) is 2.72. The smallest absolute Gasteiger partial charge is 0.135 e. The van der Waals surface area contributed by atoms with Gasteiger partial charge in [0.05, 0.1) is 5.60 Å². The summed E-state index contributed by atoms with van der Waals surface area (Å²) in [6, 6.07) is 7.57. The average Bonchev–Trinajstić information content (AvgIpc) is 3.03. The van der Waals surface area contributed by atoms with E-state index in [1.54, 1.807) is 0 Å². The third-order valence-corrected chi connectivity index (χ3v) is 5.55. The van der Waals surface area contributed by atoms with Crippen LogP contribution in [-0.4, -0.2) is 28.2 Å². The van der Waals surface area contributed by atoms with E-state index in [1.165, 1.54) is 17.7 Å². The van der Waals surface area contributed by atoms with Crippen LogP contribution in [0.25, 0.3) is 0 Å². The van der Waals surface area contributed by atoms with Gasteiger partial charge in [-0.1, -0.05) is 23.7 Å². The first kappa shape index (κ1) is 15.9. The van der Waals surface area contributed by atoms with Crippen LogP contribution < -0.4 is 4.90 Å². The molecule has 0 amide bonds. The Morgan fingerprint density at radius 1 is 1.08 bits per heavy atom. The van der Waals surface area contributed by atoms with Gasteiger partial charge in [0, 0.05) is 29.4 Å². The monoisotopic (exact) mass is 343 g/mol. The number of fused-ring (bicyclic) bond motifs is 1. The molecule has 1 N–H and O–H groups in total. The van der Waals surface area contributed by atoms with Gasteiger partial charge in [0.2, 0.25) is 0 Å². The minimum absolute atomic E-state index is 0.701. The number of hydrogen-bond donors (Lipinski definition) is 1. The van der Waals surface area contributed by atoms with Crippen molar-refractivity contribution in [1.82, 2.24) is 9.97 Å². The summed E-state index contributed by atoms with van der Waals surface area (Å²) in [6.45, 7) is 3.58. The molecule has 0 saturated carbocycles. The summed E-state index contributed by atoms with van der Waals surface area (Å²) in [4.78, 5) is 11.6. The first-order valence-corrected chi connectivity index (χ1v) is 9.03. The molecule has 2 heterocycles. The van der Waals surface area contributed by atoms with Crippen LogP contribution in [0, 0.1) is 6.92 Å². The van der Waals surface area contributed by atoms with Crippen LogP contribution in [-0.2, 0) is 18.4 Å². The maximum absolute atomic E-state index is 11.0. The highest BCUT2D eigenvalue weighted by Gasteiger charge is 2.35. The highest BCUT2D eigenvalue weighted by atomic mass is 35.5. The molecule has 4 nitrogen and oxygen atoms in total. The van der Waals surface area contributed by atoms with E-state index in [0.717, 1.165) is 43.1 Å². The molecule has 1 saturated heterocycles. The first-order chi connectivity index (χ1) is 11.5. The van der Waals surface area contributed by atoms with Crippen LogP contribution in [0.4, 0.5) is 5.82 Å². The normalized spacial score (nSPS) is 19.4. The number of anilines is 1. The van der Waals surface area contributed by atoms with Crippen molar-refractivity contribution in [2.24, 2.45) is 0 Å². The van der Waals surface area contributed by atoms with Crippen molar-refractivity contribution in [3.8, 4) is 0 Å². The van der Waals surface area contributed by atoms with E-state index in [1.807, 2.05) is 31.2 Å². The molecule has 5 heteroatoms. The summed E-state index contributed by atoms with van der Waals surface area (Å²) >= 11 is 5.96. The van der Waals surface area contributed by atoms with E-state index in [9.17, 15) is 5.11 Å². The molecule has 1 aromatic carbocycles. The number of aromatic nitrogens is 2. The number of hydrogen-bond acceptors (Lipinski definition) is 4. The van der Waals surface area contributed by atoms with E-state index in [-0.39, 0.29) is 0 Å². The minimum Gasteiger partial charge on any atom is -0.385 e. The molecule has 1 aliphatic carbocycles. The predicted octanol–water partition coefficient (Wildman–Crippen LogP) is 3.42. The molecular weight excluding hydrogens is 322 g/mol. The van der Waals surface area contributed by atoms with Crippen molar-refractivity contribution in [3.63, 3.8) is 0 Å². The molecule has 1 fully saturated rings. The Morgan fingerprint density at radius 2 is 1.79 bits per heavy atom. The molecule has 4 rings (SSSR count). The van der Waals surface area contributed by atoms with E-state index >= 15 is 0 Å². The number of halogens is 1. The molecule has 126 valence electrons. The Bertz CT molecular complexity index is 752. The van der Waals surface area contributed by atoms with Gasteiger partial charge in [0.1, 0.15) is 11.6 Å². The zero-order chi connectivity index (χ0) is 16.7. The van der Waals surface area contributed by atoms with Gasteiger partial charge in [-0.05, 0) is 56.7 Å². The third-order valence-electron chi connectivity index (χ3n) is 5.29. The average molecular weight is 344 g/mol. The Balaban J connectivity index is 1.56. The van der Waals surface area contributed by atoms with Gasteiger partial charge in [-0.15, -0.1) is 0 Å². The number of benzene rings is 1. The number of aliphatic hydroxyl groups is 1. The second-order valence-electron chi connectivity index (χ2n) is 6.90. The van der Waals surface area contributed by atoms with Crippen molar-refractivity contribution < 1.29 is 5.11 Å². The lowest BCUT2D eigenvalue weighted by Crippen LogP contribution is -2.43. The molecular formula is C19H22ClN3O. The Kier molecular flexibility index (Phi) is 3.97. The second kappa shape index (κ2) is 6.01. The van der Waals surface area contributed by atoms with Crippen LogP contribution in [0.15, 0.2) is 24.3 Å². The van der Waals surface area contributed by atoms with Gasteiger partial charge in [0.25, 0.3) is 0 Å². The minimum atomic E-state index is -0.771. The largest absolute Gasteiger partial charge is 0.385 e. The molecule has 1 aliphatic heterocycles. The van der Waals surface area contributed by atoms with Crippen LogP contribution >= 0.6 is 11.6 Å². The maximum atomic E-state index is 11.0. The molecule has 0 spiro atoms. The first-order valence-electron chi connectivity index (χ1n) is 8.65. The Labute approximate surface area is 147 Å². The predicted molar refractivity (Wildman–Crippen MR) is 95.6 cm³/mol. The lowest BCUT2D eigenvalue weighted by atomic mass is 9.84. The van der Waals surface area contributed by atoms with Crippen molar-refractivity contribution in [1.29, 1.82) is 0 Å². The number of aryl methyl sites for hydroxylation is 2. The fraction of sp³-hybridized carbons (Fsp3) is 0.474. The summed E-state index contributed by atoms with van der Waals surface area (Å²) in [5.74, 6) is 1.94.